The number of nitrogens with one attached hydrogen (secondary N) is 1. The topological polar surface area (TPSA) is 55.1 Å². The van der Waals surface area contributed by atoms with Crippen LogP contribution >= 0.6 is 0 Å². The summed E-state index contributed by atoms with van der Waals surface area (Å²) in [5, 5.41) is 2.47. The second-order valence-corrected chi connectivity index (χ2v) is 2.74. The zero-order valence-electron chi connectivity index (χ0n) is 7.59. The molecule has 0 unspecified atom stereocenters. The number of nitrogens with two attached hydrogens (primary N) is 1. The van der Waals surface area contributed by atoms with Crippen LogP contribution in [0.1, 0.15) is 10.4 Å². The van der Waals surface area contributed by atoms with E-state index in [1.165, 1.54) is 18.2 Å². The third kappa shape index (κ3) is 2.32. The summed E-state index contributed by atoms with van der Waals surface area (Å²) in [6, 6.07) is 3.94. The standard InChI is InChI=1S/C10H11FN2O/c1-2-5-13-10(14)8-4-3-7(12)6-9(8)11/h2-4,6H,1,5,12H2,(H,13,14). The molecule has 0 saturated heterocycles. The molecule has 0 aromatic heterocycles. The number of benzene rings is 1. The molecule has 4 heteroatoms. The van der Waals surface area contributed by atoms with E-state index in [1.54, 1.807) is 0 Å². The zero-order chi connectivity index (χ0) is 10.6. The molecule has 14 heavy (non-hydrogen) atoms. The molecule has 1 aromatic rings. The van der Waals surface area contributed by atoms with E-state index < -0.39 is 11.7 Å². The number of carbonyl (C=O) groups excluding carboxylic acids is 1. The molecule has 0 aliphatic heterocycles. The summed E-state index contributed by atoms with van der Waals surface area (Å²) < 4.78 is 13.2. The quantitative estimate of drug-likeness (QED) is 0.563. The summed E-state index contributed by atoms with van der Waals surface area (Å²) >= 11 is 0. The number of rotatable bonds is 3. The Morgan fingerprint density at radius 3 is 2.93 bits per heavy atom. The predicted octanol–water partition coefficient (Wildman–Crippen LogP) is 1.32. The molecule has 0 radical (unpaired) electrons. The van der Waals surface area contributed by atoms with Crippen LogP contribution in [0.15, 0.2) is 30.9 Å². The number of hydrogen-bond acceptors (Lipinski definition) is 2. The average molecular weight is 194 g/mol. The van der Waals surface area contributed by atoms with E-state index in [9.17, 15) is 9.18 Å². The van der Waals surface area contributed by atoms with Gasteiger partial charge in [0, 0.05) is 12.2 Å². The highest BCUT2D eigenvalue weighted by Crippen LogP contribution is 2.11. The minimum absolute atomic E-state index is 0.0129. The molecule has 1 amide bonds. The second kappa shape index (κ2) is 4.41. The Hall–Kier alpha value is -1.84. The van der Waals surface area contributed by atoms with Gasteiger partial charge < -0.3 is 11.1 Å². The van der Waals surface area contributed by atoms with Crippen LogP contribution in [0.3, 0.4) is 0 Å². The number of anilines is 1. The van der Waals surface area contributed by atoms with E-state index in [0.717, 1.165) is 6.07 Å². The highest BCUT2D eigenvalue weighted by Gasteiger charge is 2.09. The predicted molar refractivity (Wildman–Crippen MR) is 53.3 cm³/mol. The number of halogens is 1. The van der Waals surface area contributed by atoms with Crippen LogP contribution in [0, 0.1) is 5.82 Å². The molecule has 0 atom stereocenters. The van der Waals surface area contributed by atoms with Gasteiger partial charge in [-0.3, -0.25) is 4.79 Å². The summed E-state index contributed by atoms with van der Waals surface area (Å²) in [4.78, 5) is 11.3. The fourth-order valence-electron chi connectivity index (χ4n) is 0.976. The van der Waals surface area contributed by atoms with E-state index in [-0.39, 0.29) is 5.56 Å². The van der Waals surface area contributed by atoms with Gasteiger partial charge in [0.1, 0.15) is 5.82 Å². The first-order valence-electron chi connectivity index (χ1n) is 4.09. The van der Waals surface area contributed by atoms with Gasteiger partial charge >= 0.3 is 0 Å². The lowest BCUT2D eigenvalue weighted by Crippen LogP contribution is -2.24. The minimum Gasteiger partial charge on any atom is -0.399 e. The van der Waals surface area contributed by atoms with Crippen LogP contribution in [0.2, 0.25) is 0 Å². The lowest BCUT2D eigenvalue weighted by molar-refractivity contribution is 0.0954. The van der Waals surface area contributed by atoms with Gasteiger partial charge in [-0.15, -0.1) is 6.58 Å². The van der Waals surface area contributed by atoms with E-state index in [1.807, 2.05) is 0 Å². The van der Waals surface area contributed by atoms with Crippen molar-refractivity contribution in [2.75, 3.05) is 12.3 Å². The Kier molecular flexibility index (Phi) is 3.23. The molecule has 0 aliphatic rings. The SMILES string of the molecule is C=CCNC(=O)c1ccc(N)cc1F. The third-order valence-corrected chi connectivity index (χ3v) is 1.64. The van der Waals surface area contributed by atoms with Crippen molar-refractivity contribution < 1.29 is 9.18 Å². The van der Waals surface area contributed by atoms with Gasteiger partial charge in [0.2, 0.25) is 0 Å². The average Bonchev–Trinajstić information content (AvgIpc) is 2.14. The van der Waals surface area contributed by atoms with Crippen molar-refractivity contribution >= 4 is 11.6 Å². The van der Waals surface area contributed by atoms with Gasteiger partial charge in [-0.2, -0.15) is 0 Å². The smallest absolute Gasteiger partial charge is 0.254 e. The molecule has 0 bridgehead atoms. The second-order valence-electron chi connectivity index (χ2n) is 2.74. The summed E-state index contributed by atoms with van der Waals surface area (Å²) in [6.45, 7) is 3.74. The summed E-state index contributed by atoms with van der Waals surface area (Å²) in [7, 11) is 0. The van der Waals surface area contributed by atoms with Crippen LogP contribution in [0.25, 0.3) is 0 Å². The minimum atomic E-state index is -0.619. The fraction of sp³-hybridized carbons (Fsp3) is 0.100. The highest BCUT2D eigenvalue weighted by molar-refractivity contribution is 5.94. The first kappa shape index (κ1) is 10.2. The molecule has 3 nitrogen and oxygen atoms in total. The molecule has 0 spiro atoms. The maximum absolute atomic E-state index is 13.2. The maximum Gasteiger partial charge on any atom is 0.254 e. The van der Waals surface area contributed by atoms with E-state index in [0.29, 0.717) is 12.2 Å². The van der Waals surface area contributed by atoms with Crippen LogP contribution in [0.4, 0.5) is 10.1 Å². The molecule has 0 heterocycles. The molecule has 74 valence electrons. The van der Waals surface area contributed by atoms with Gasteiger partial charge in [0.05, 0.1) is 5.56 Å². The van der Waals surface area contributed by atoms with Crippen LogP contribution in [-0.2, 0) is 0 Å². The fourth-order valence-corrected chi connectivity index (χ4v) is 0.976. The van der Waals surface area contributed by atoms with Crippen molar-refractivity contribution in [3.05, 3.63) is 42.2 Å². The zero-order valence-corrected chi connectivity index (χ0v) is 7.59. The first-order chi connectivity index (χ1) is 6.65. The Balaban J connectivity index is 2.84. The Labute approximate surface area is 81.4 Å². The molecule has 1 aromatic carbocycles. The molecular weight excluding hydrogens is 183 g/mol. The Morgan fingerprint density at radius 2 is 2.36 bits per heavy atom. The number of carbonyl (C=O) groups is 1. The van der Waals surface area contributed by atoms with Crippen molar-refractivity contribution in [3.8, 4) is 0 Å². The maximum atomic E-state index is 13.2. The molecule has 0 saturated carbocycles. The Bertz CT molecular complexity index is 363. The van der Waals surface area contributed by atoms with E-state index in [4.69, 9.17) is 5.73 Å². The lowest BCUT2D eigenvalue weighted by Gasteiger charge is -2.03. The number of amides is 1. The summed E-state index contributed by atoms with van der Waals surface area (Å²) in [5.41, 5.74) is 5.62. The first-order valence-corrected chi connectivity index (χ1v) is 4.09. The van der Waals surface area contributed by atoms with E-state index >= 15 is 0 Å². The molecule has 0 aliphatic carbocycles. The van der Waals surface area contributed by atoms with Crippen molar-refractivity contribution in [1.82, 2.24) is 5.32 Å². The van der Waals surface area contributed by atoms with Gasteiger partial charge in [0.15, 0.2) is 0 Å². The summed E-state index contributed by atoms with van der Waals surface area (Å²) in [6.07, 6.45) is 1.52. The van der Waals surface area contributed by atoms with Gasteiger partial charge in [0.25, 0.3) is 5.91 Å². The van der Waals surface area contributed by atoms with Crippen molar-refractivity contribution in [1.29, 1.82) is 0 Å². The van der Waals surface area contributed by atoms with Crippen molar-refractivity contribution in [2.24, 2.45) is 0 Å². The molecular formula is C10H11FN2O. The highest BCUT2D eigenvalue weighted by atomic mass is 19.1. The number of hydrogen-bond donors (Lipinski definition) is 2. The monoisotopic (exact) mass is 194 g/mol. The lowest BCUT2D eigenvalue weighted by atomic mass is 10.2. The van der Waals surface area contributed by atoms with Crippen molar-refractivity contribution in [2.45, 2.75) is 0 Å². The molecule has 0 fully saturated rings. The van der Waals surface area contributed by atoms with Crippen molar-refractivity contribution in [3.63, 3.8) is 0 Å². The van der Waals surface area contributed by atoms with Gasteiger partial charge in [-0.25, -0.2) is 4.39 Å². The van der Waals surface area contributed by atoms with Gasteiger partial charge in [-0.1, -0.05) is 6.08 Å². The molecule has 1 rings (SSSR count). The Morgan fingerprint density at radius 1 is 1.64 bits per heavy atom. The largest absolute Gasteiger partial charge is 0.399 e. The molecule has 3 N–H and O–H groups in total. The van der Waals surface area contributed by atoms with E-state index in [2.05, 4.69) is 11.9 Å². The normalized spacial score (nSPS) is 9.50. The van der Waals surface area contributed by atoms with Crippen LogP contribution in [-0.4, -0.2) is 12.5 Å². The van der Waals surface area contributed by atoms with Crippen LogP contribution < -0.4 is 11.1 Å². The van der Waals surface area contributed by atoms with Crippen LogP contribution in [0.5, 0.6) is 0 Å². The number of nitrogen functional groups attached to an aromatic ring is 1. The third-order valence-electron chi connectivity index (χ3n) is 1.64. The van der Waals surface area contributed by atoms with Gasteiger partial charge in [-0.05, 0) is 18.2 Å². The summed E-state index contributed by atoms with van der Waals surface area (Å²) in [5.74, 6) is -1.09.